The quantitative estimate of drug-likeness (QED) is 0.624. The van der Waals surface area contributed by atoms with Gasteiger partial charge in [0.1, 0.15) is 5.82 Å². The molecule has 1 unspecified atom stereocenters. The Morgan fingerprint density at radius 3 is 2.67 bits per heavy atom. The molecule has 0 aromatic carbocycles. The highest BCUT2D eigenvalue weighted by Crippen LogP contribution is 2.22. The fourth-order valence-electron chi connectivity index (χ4n) is 4.75. The van der Waals surface area contributed by atoms with Gasteiger partial charge in [0.05, 0.1) is 13.2 Å². The lowest BCUT2D eigenvalue weighted by atomic mass is 9.96. The third-order valence-electron chi connectivity index (χ3n) is 6.50. The van der Waals surface area contributed by atoms with Crippen molar-refractivity contribution in [3.05, 3.63) is 18.2 Å². The minimum Gasteiger partial charge on any atom is -0.383 e. The summed E-state index contributed by atoms with van der Waals surface area (Å²) in [5, 5.41) is 0. The maximum atomic E-state index is 5.24. The van der Waals surface area contributed by atoms with E-state index >= 15 is 0 Å². The molecule has 0 amide bonds. The number of nitrogens with zero attached hydrogens (tertiary/aromatic N) is 5. The molecule has 6 heteroatoms. The number of likely N-dealkylation sites (N-methyl/N-ethyl adjacent to an activating group) is 1. The van der Waals surface area contributed by atoms with Crippen molar-refractivity contribution in [2.75, 3.05) is 59.5 Å². The van der Waals surface area contributed by atoms with Gasteiger partial charge in [0.15, 0.2) is 0 Å². The first-order valence-corrected chi connectivity index (χ1v) is 10.8. The Morgan fingerprint density at radius 1 is 1.19 bits per heavy atom. The molecule has 2 fully saturated rings. The summed E-state index contributed by atoms with van der Waals surface area (Å²) in [6.45, 7) is 12.5. The van der Waals surface area contributed by atoms with Crippen LogP contribution in [-0.2, 0) is 18.3 Å². The number of aryl methyl sites for hydroxylation is 1. The summed E-state index contributed by atoms with van der Waals surface area (Å²) < 4.78 is 7.41. The van der Waals surface area contributed by atoms with E-state index in [0.29, 0.717) is 0 Å². The van der Waals surface area contributed by atoms with E-state index in [1.165, 1.54) is 70.8 Å². The number of hydrogen-bond donors (Lipinski definition) is 0. The molecule has 0 spiro atoms. The molecule has 27 heavy (non-hydrogen) atoms. The van der Waals surface area contributed by atoms with Crippen LogP contribution in [0.4, 0.5) is 0 Å². The summed E-state index contributed by atoms with van der Waals surface area (Å²) >= 11 is 0. The van der Waals surface area contributed by atoms with E-state index in [0.717, 1.165) is 31.7 Å². The largest absolute Gasteiger partial charge is 0.383 e. The third-order valence-corrected chi connectivity index (χ3v) is 6.50. The SMILES string of the molecule is CCN1CCCC1CN(Cc1nccn1C)CC1CCN(CCOC)CC1. The first kappa shape index (κ1) is 20.8. The number of methoxy groups -OCH3 is 1. The molecule has 2 aliphatic rings. The number of hydrogen-bond acceptors (Lipinski definition) is 5. The first-order valence-electron chi connectivity index (χ1n) is 10.8. The molecular weight excluding hydrogens is 338 g/mol. The first-order chi connectivity index (χ1) is 13.2. The normalized spacial score (nSPS) is 22.9. The Bertz CT molecular complexity index is 540. The van der Waals surface area contributed by atoms with E-state index in [4.69, 9.17) is 4.74 Å². The average molecular weight is 378 g/mol. The highest BCUT2D eigenvalue weighted by Gasteiger charge is 2.28. The molecule has 1 aromatic rings. The van der Waals surface area contributed by atoms with Gasteiger partial charge in [-0.25, -0.2) is 4.98 Å². The van der Waals surface area contributed by atoms with Gasteiger partial charge in [-0.2, -0.15) is 0 Å². The zero-order valence-electron chi connectivity index (χ0n) is 17.6. The van der Waals surface area contributed by atoms with E-state index in [1.54, 1.807) is 7.11 Å². The van der Waals surface area contributed by atoms with Gasteiger partial charge in [-0.1, -0.05) is 6.92 Å². The number of rotatable bonds is 10. The molecule has 1 atom stereocenters. The molecule has 3 heterocycles. The van der Waals surface area contributed by atoms with Crippen LogP contribution in [0.3, 0.4) is 0 Å². The van der Waals surface area contributed by atoms with Gasteiger partial charge < -0.3 is 14.2 Å². The van der Waals surface area contributed by atoms with Gasteiger partial charge in [-0.05, 0) is 57.8 Å². The molecule has 2 aliphatic heterocycles. The minimum atomic E-state index is 0.720. The van der Waals surface area contributed by atoms with Crippen LogP contribution in [0.5, 0.6) is 0 Å². The van der Waals surface area contributed by atoms with Crippen molar-refractivity contribution >= 4 is 0 Å². The van der Waals surface area contributed by atoms with Crippen LogP contribution in [0.2, 0.25) is 0 Å². The predicted octanol–water partition coefficient (Wildman–Crippen LogP) is 2.06. The Kier molecular flexibility index (Phi) is 8.12. The van der Waals surface area contributed by atoms with E-state index in [-0.39, 0.29) is 0 Å². The lowest BCUT2D eigenvalue weighted by Gasteiger charge is -2.36. The van der Waals surface area contributed by atoms with Crippen LogP contribution in [0.1, 0.15) is 38.4 Å². The highest BCUT2D eigenvalue weighted by molar-refractivity contribution is 4.93. The molecule has 0 radical (unpaired) electrons. The van der Waals surface area contributed by atoms with E-state index in [9.17, 15) is 0 Å². The zero-order valence-corrected chi connectivity index (χ0v) is 17.6. The molecular formula is C21H39N5O. The van der Waals surface area contributed by atoms with Crippen LogP contribution < -0.4 is 0 Å². The van der Waals surface area contributed by atoms with Crippen LogP contribution >= 0.6 is 0 Å². The molecule has 1 aromatic heterocycles. The fourth-order valence-corrected chi connectivity index (χ4v) is 4.75. The molecule has 0 N–H and O–H groups in total. The van der Waals surface area contributed by atoms with Crippen LogP contribution in [0.25, 0.3) is 0 Å². The van der Waals surface area contributed by atoms with Crippen molar-refractivity contribution in [2.24, 2.45) is 13.0 Å². The molecule has 0 saturated carbocycles. The van der Waals surface area contributed by atoms with Gasteiger partial charge in [0, 0.05) is 52.2 Å². The van der Waals surface area contributed by atoms with E-state index in [2.05, 4.69) is 44.4 Å². The highest BCUT2D eigenvalue weighted by atomic mass is 16.5. The van der Waals surface area contributed by atoms with Crippen LogP contribution in [-0.4, -0.2) is 89.8 Å². The number of piperidine rings is 1. The van der Waals surface area contributed by atoms with Gasteiger partial charge in [-0.15, -0.1) is 0 Å². The van der Waals surface area contributed by atoms with Crippen LogP contribution in [0, 0.1) is 5.92 Å². The van der Waals surface area contributed by atoms with E-state index in [1.807, 2.05) is 6.20 Å². The maximum Gasteiger partial charge on any atom is 0.122 e. The van der Waals surface area contributed by atoms with Gasteiger partial charge >= 0.3 is 0 Å². The number of likely N-dealkylation sites (tertiary alicyclic amines) is 2. The number of ether oxygens (including phenoxy) is 1. The third kappa shape index (κ3) is 6.01. The lowest BCUT2D eigenvalue weighted by Crippen LogP contribution is -2.44. The second kappa shape index (κ2) is 10.6. The summed E-state index contributed by atoms with van der Waals surface area (Å²) in [7, 11) is 3.91. The second-order valence-corrected chi connectivity index (χ2v) is 8.35. The van der Waals surface area contributed by atoms with E-state index < -0.39 is 0 Å². The molecule has 2 saturated heterocycles. The minimum absolute atomic E-state index is 0.720. The van der Waals surface area contributed by atoms with Crippen molar-refractivity contribution in [1.82, 2.24) is 24.3 Å². The maximum absolute atomic E-state index is 5.24. The molecule has 154 valence electrons. The molecule has 0 aliphatic carbocycles. The second-order valence-electron chi connectivity index (χ2n) is 8.35. The van der Waals surface area contributed by atoms with Gasteiger partial charge in [0.25, 0.3) is 0 Å². The summed E-state index contributed by atoms with van der Waals surface area (Å²) in [5.41, 5.74) is 0. The summed E-state index contributed by atoms with van der Waals surface area (Å²) in [4.78, 5) is 12.5. The van der Waals surface area contributed by atoms with Crippen molar-refractivity contribution < 1.29 is 4.74 Å². The molecule has 3 rings (SSSR count). The Hall–Kier alpha value is -0.950. The monoisotopic (exact) mass is 377 g/mol. The lowest BCUT2D eigenvalue weighted by molar-refractivity contribution is 0.0953. The predicted molar refractivity (Wildman–Crippen MR) is 110 cm³/mol. The topological polar surface area (TPSA) is 36.8 Å². The summed E-state index contributed by atoms with van der Waals surface area (Å²) in [5.74, 6) is 1.99. The van der Waals surface area contributed by atoms with Gasteiger partial charge in [0.2, 0.25) is 0 Å². The summed E-state index contributed by atoms with van der Waals surface area (Å²) in [6, 6.07) is 0.720. The van der Waals surface area contributed by atoms with Crippen molar-refractivity contribution in [3.63, 3.8) is 0 Å². The molecule has 6 nitrogen and oxygen atoms in total. The van der Waals surface area contributed by atoms with Gasteiger partial charge in [-0.3, -0.25) is 9.80 Å². The van der Waals surface area contributed by atoms with Crippen molar-refractivity contribution in [2.45, 2.75) is 45.2 Å². The smallest absolute Gasteiger partial charge is 0.122 e. The molecule has 0 bridgehead atoms. The Balaban J connectivity index is 1.56. The zero-order chi connectivity index (χ0) is 19.1. The van der Waals surface area contributed by atoms with Crippen molar-refractivity contribution in [3.8, 4) is 0 Å². The Morgan fingerprint density at radius 2 is 2.00 bits per heavy atom. The summed E-state index contributed by atoms with van der Waals surface area (Å²) in [6.07, 6.45) is 9.31. The Labute approximate surface area is 165 Å². The van der Waals surface area contributed by atoms with Crippen molar-refractivity contribution in [1.29, 1.82) is 0 Å². The van der Waals surface area contributed by atoms with Crippen LogP contribution in [0.15, 0.2) is 12.4 Å². The standard InChI is InChI=1S/C21H39N5O/c1-4-26-10-5-6-20(26)17-25(18-21-22-9-13-23(21)2)16-19-7-11-24(12-8-19)14-15-27-3/h9,13,19-20H,4-8,10-12,14-18H2,1-3H3. The fraction of sp³-hybridized carbons (Fsp3) is 0.857. The average Bonchev–Trinajstić information content (AvgIpc) is 3.30. The number of aromatic nitrogens is 2. The number of imidazole rings is 1.